The Morgan fingerprint density at radius 1 is 1.50 bits per heavy atom. The minimum atomic E-state index is 0.543. The van der Waals surface area contributed by atoms with Gasteiger partial charge in [-0.05, 0) is 60.1 Å². The molecule has 4 heteroatoms. The minimum Gasteiger partial charge on any atom is -0.493 e. The molecule has 0 radical (unpaired) electrons. The zero-order valence-corrected chi connectivity index (χ0v) is 13.5. The summed E-state index contributed by atoms with van der Waals surface area (Å²) >= 11 is 8.35. The van der Waals surface area contributed by atoms with Crippen molar-refractivity contribution in [2.45, 2.75) is 32.2 Å². The topological polar surface area (TPSA) is 21.3 Å². The zero-order valence-electron chi connectivity index (χ0n) is 12.0. The van der Waals surface area contributed by atoms with Gasteiger partial charge in [-0.3, -0.25) is 0 Å². The Morgan fingerprint density at radius 3 is 3.15 bits per heavy atom. The average molecular weight is 312 g/mol. The number of hydrogen-bond acceptors (Lipinski definition) is 3. The van der Waals surface area contributed by atoms with Gasteiger partial charge in [-0.1, -0.05) is 18.5 Å². The van der Waals surface area contributed by atoms with E-state index in [1.807, 2.05) is 0 Å². The second-order valence-electron chi connectivity index (χ2n) is 5.64. The van der Waals surface area contributed by atoms with Gasteiger partial charge in [0, 0.05) is 17.5 Å². The Bertz CT molecular complexity index is 474. The van der Waals surface area contributed by atoms with E-state index < -0.39 is 0 Å². The number of likely N-dealkylation sites (N-methyl/N-ethyl adjacent to an activating group) is 1. The lowest BCUT2D eigenvalue weighted by Gasteiger charge is -2.24. The van der Waals surface area contributed by atoms with Gasteiger partial charge in [0.1, 0.15) is 5.75 Å². The molecule has 1 aromatic rings. The lowest BCUT2D eigenvalue weighted by atomic mass is 9.91. The molecule has 0 amide bonds. The highest BCUT2D eigenvalue weighted by Gasteiger charge is 2.27. The lowest BCUT2D eigenvalue weighted by molar-refractivity contribution is 0.344. The molecular formula is C16H22ClNOS. The Labute approximate surface area is 130 Å². The van der Waals surface area contributed by atoms with E-state index in [-0.39, 0.29) is 0 Å². The third kappa shape index (κ3) is 3.10. The van der Waals surface area contributed by atoms with E-state index in [1.165, 1.54) is 29.1 Å². The van der Waals surface area contributed by atoms with Crippen molar-refractivity contribution in [1.82, 2.24) is 5.32 Å². The highest BCUT2D eigenvalue weighted by Crippen LogP contribution is 2.35. The molecule has 1 saturated heterocycles. The Morgan fingerprint density at radius 2 is 2.40 bits per heavy atom. The molecule has 1 fully saturated rings. The van der Waals surface area contributed by atoms with E-state index in [4.69, 9.17) is 16.3 Å². The molecule has 0 aromatic heterocycles. The van der Waals surface area contributed by atoms with Crippen LogP contribution in [-0.2, 0) is 12.8 Å². The number of thioether (sulfide) groups is 1. The van der Waals surface area contributed by atoms with Crippen LogP contribution in [0.1, 0.15) is 24.5 Å². The molecule has 2 aliphatic rings. The molecule has 2 heterocycles. The maximum absolute atomic E-state index is 6.27. The molecule has 1 N–H and O–H groups in total. The normalized spacial score (nSPS) is 22.6. The summed E-state index contributed by atoms with van der Waals surface area (Å²) < 4.78 is 5.83. The van der Waals surface area contributed by atoms with E-state index in [0.29, 0.717) is 6.04 Å². The Hall–Kier alpha value is -0.380. The van der Waals surface area contributed by atoms with Crippen LogP contribution in [0.2, 0.25) is 5.02 Å². The van der Waals surface area contributed by atoms with Crippen molar-refractivity contribution in [2.75, 3.05) is 24.7 Å². The number of ether oxygens (including phenoxy) is 1. The third-order valence-electron chi connectivity index (χ3n) is 4.27. The molecular weight excluding hydrogens is 290 g/mol. The minimum absolute atomic E-state index is 0.543. The maximum Gasteiger partial charge on any atom is 0.125 e. The van der Waals surface area contributed by atoms with Crippen molar-refractivity contribution in [2.24, 2.45) is 5.92 Å². The van der Waals surface area contributed by atoms with E-state index in [0.717, 1.165) is 42.7 Å². The Balaban J connectivity index is 1.81. The van der Waals surface area contributed by atoms with E-state index in [1.54, 1.807) is 0 Å². The molecule has 3 rings (SSSR count). The molecule has 0 aliphatic carbocycles. The number of hydrogen-bond donors (Lipinski definition) is 1. The fourth-order valence-corrected chi connectivity index (χ4v) is 4.87. The summed E-state index contributed by atoms with van der Waals surface area (Å²) in [5, 5.41) is 4.52. The fraction of sp³-hybridized carbons (Fsp3) is 0.625. The van der Waals surface area contributed by atoms with Gasteiger partial charge in [-0.25, -0.2) is 0 Å². The van der Waals surface area contributed by atoms with Crippen molar-refractivity contribution in [3.63, 3.8) is 0 Å². The van der Waals surface area contributed by atoms with Crippen molar-refractivity contribution < 1.29 is 4.74 Å². The van der Waals surface area contributed by atoms with Gasteiger partial charge in [0.05, 0.1) is 6.61 Å². The summed E-state index contributed by atoms with van der Waals surface area (Å²) in [7, 11) is 0. The van der Waals surface area contributed by atoms with Gasteiger partial charge in [-0.2, -0.15) is 11.8 Å². The monoisotopic (exact) mass is 311 g/mol. The quantitative estimate of drug-likeness (QED) is 0.898. The van der Waals surface area contributed by atoms with Gasteiger partial charge in [0.2, 0.25) is 0 Å². The molecule has 1 aromatic carbocycles. The van der Waals surface area contributed by atoms with Gasteiger partial charge < -0.3 is 10.1 Å². The molecule has 0 saturated carbocycles. The molecule has 2 atom stereocenters. The predicted octanol–water partition coefficient (Wildman–Crippen LogP) is 3.55. The fourth-order valence-electron chi connectivity index (χ4n) is 3.27. The van der Waals surface area contributed by atoms with Crippen LogP contribution in [0, 0.1) is 5.92 Å². The first-order chi connectivity index (χ1) is 9.78. The molecule has 0 bridgehead atoms. The van der Waals surface area contributed by atoms with Crippen LogP contribution in [0.25, 0.3) is 0 Å². The van der Waals surface area contributed by atoms with E-state index in [9.17, 15) is 0 Å². The zero-order chi connectivity index (χ0) is 13.9. The van der Waals surface area contributed by atoms with Gasteiger partial charge in [-0.15, -0.1) is 0 Å². The lowest BCUT2D eigenvalue weighted by Crippen LogP contribution is -2.38. The average Bonchev–Trinajstić information content (AvgIpc) is 3.08. The number of fused-ring (bicyclic) bond motifs is 1. The number of nitrogens with one attached hydrogen (secondary N) is 1. The summed E-state index contributed by atoms with van der Waals surface area (Å²) in [6.45, 7) is 4.01. The summed E-state index contributed by atoms with van der Waals surface area (Å²) in [5.41, 5.74) is 2.57. The highest BCUT2D eigenvalue weighted by molar-refractivity contribution is 7.99. The molecule has 110 valence electrons. The first-order valence-corrected chi connectivity index (χ1v) is 9.06. The summed E-state index contributed by atoms with van der Waals surface area (Å²) in [5.74, 6) is 4.46. The second kappa shape index (κ2) is 6.59. The smallest absolute Gasteiger partial charge is 0.125 e. The van der Waals surface area contributed by atoms with Crippen LogP contribution in [-0.4, -0.2) is 30.7 Å². The van der Waals surface area contributed by atoms with Crippen molar-refractivity contribution in [3.05, 3.63) is 28.3 Å². The van der Waals surface area contributed by atoms with Crippen molar-refractivity contribution in [1.29, 1.82) is 0 Å². The largest absolute Gasteiger partial charge is 0.493 e. The molecule has 2 nitrogen and oxygen atoms in total. The van der Waals surface area contributed by atoms with Gasteiger partial charge in [0.25, 0.3) is 0 Å². The van der Waals surface area contributed by atoms with Crippen LogP contribution < -0.4 is 10.1 Å². The molecule has 0 spiro atoms. The summed E-state index contributed by atoms with van der Waals surface area (Å²) in [6, 6.07) is 4.70. The Kier molecular flexibility index (Phi) is 4.79. The van der Waals surface area contributed by atoms with Gasteiger partial charge in [0.15, 0.2) is 0 Å². The molecule has 20 heavy (non-hydrogen) atoms. The first kappa shape index (κ1) is 14.6. The predicted molar refractivity (Wildman–Crippen MR) is 87.3 cm³/mol. The van der Waals surface area contributed by atoms with Crippen molar-refractivity contribution in [3.8, 4) is 5.75 Å². The summed E-state index contributed by atoms with van der Waals surface area (Å²) in [4.78, 5) is 0. The van der Waals surface area contributed by atoms with Crippen LogP contribution in [0.15, 0.2) is 12.1 Å². The standard InChI is InChI=1S/C16H22ClNOS/c1-2-18-15(12-4-6-20-10-12)9-13-8-14(17)7-11-3-5-19-16(11)13/h7-8,12,15,18H,2-6,9-10H2,1H3. The number of benzene rings is 1. The van der Waals surface area contributed by atoms with E-state index >= 15 is 0 Å². The summed E-state index contributed by atoms with van der Waals surface area (Å²) in [6.07, 6.45) is 3.35. The van der Waals surface area contributed by atoms with Gasteiger partial charge >= 0.3 is 0 Å². The SMILES string of the molecule is CCNC(Cc1cc(Cl)cc2c1OCC2)C1CCSC1. The van der Waals surface area contributed by atoms with E-state index in [2.05, 4.69) is 36.1 Å². The first-order valence-electron chi connectivity index (χ1n) is 7.53. The third-order valence-corrected chi connectivity index (χ3v) is 5.67. The number of halogens is 1. The molecule has 2 aliphatic heterocycles. The van der Waals surface area contributed by atoms with Crippen LogP contribution >= 0.6 is 23.4 Å². The van der Waals surface area contributed by atoms with Crippen LogP contribution in [0.4, 0.5) is 0 Å². The second-order valence-corrected chi connectivity index (χ2v) is 7.23. The maximum atomic E-state index is 6.27. The molecule has 2 unspecified atom stereocenters. The number of rotatable bonds is 5. The van der Waals surface area contributed by atoms with Crippen molar-refractivity contribution >= 4 is 23.4 Å². The van der Waals surface area contributed by atoms with Crippen LogP contribution in [0.3, 0.4) is 0 Å². The highest BCUT2D eigenvalue weighted by atomic mass is 35.5. The van der Waals surface area contributed by atoms with Crippen LogP contribution in [0.5, 0.6) is 5.75 Å².